The highest BCUT2D eigenvalue weighted by atomic mass is 19.1. The van der Waals surface area contributed by atoms with Crippen LogP contribution in [0.2, 0.25) is 0 Å². The van der Waals surface area contributed by atoms with Crippen LogP contribution in [0.25, 0.3) is 0 Å². The highest BCUT2D eigenvalue weighted by Crippen LogP contribution is 2.32. The summed E-state index contributed by atoms with van der Waals surface area (Å²) in [6.45, 7) is 6.09. The summed E-state index contributed by atoms with van der Waals surface area (Å²) in [5.41, 5.74) is 5.38. The van der Waals surface area contributed by atoms with Crippen LogP contribution in [0, 0.1) is 5.82 Å². The van der Waals surface area contributed by atoms with Crippen molar-refractivity contribution in [3.05, 3.63) is 35.1 Å². The average Bonchev–Trinajstić information content (AvgIpc) is 2.36. The number of nitrogens with two attached hydrogens (primary N) is 1. The van der Waals surface area contributed by atoms with E-state index in [1.54, 1.807) is 32.9 Å². The number of rotatable bonds is 4. The van der Waals surface area contributed by atoms with Crippen molar-refractivity contribution in [1.29, 1.82) is 0 Å². The van der Waals surface area contributed by atoms with Crippen LogP contribution in [0.3, 0.4) is 0 Å². The lowest BCUT2D eigenvalue weighted by Gasteiger charge is -2.38. The minimum Gasteiger partial charge on any atom is -0.465 e. The molecule has 0 aliphatic carbocycles. The van der Waals surface area contributed by atoms with Gasteiger partial charge in [0, 0.05) is 5.56 Å². The fraction of sp³-hybridized carbons (Fsp3) is 0.533. The van der Waals surface area contributed by atoms with Gasteiger partial charge in [-0.15, -0.1) is 0 Å². The van der Waals surface area contributed by atoms with Crippen molar-refractivity contribution in [3.63, 3.8) is 0 Å². The molecule has 2 rings (SSSR count). The highest BCUT2D eigenvalue weighted by molar-refractivity contribution is 5.82. The number of esters is 1. The van der Waals surface area contributed by atoms with Crippen molar-refractivity contribution in [2.75, 3.05) is 19.8 Å². The zero-order valence-electron chi connectivity index (χ0n) is 12.0. The smallest absolute Gasteiger partial charge is 0.315 e. The van der Waals surface area contributed by atoms with E-state index >= 15 is 0 Å². The molecule has 0 amide bonds. The number of hydrogen-bond acceptors (Lipinski definition) is 4. The number of carbonyl (C=O) groups excluding carboxylic acids is 1. The van der Waals surface area contributed by atoms with Crippen LogP contribution in [0.4, 0.5) is 4.39 Å². The second-order valence-electron chi connectivity index (χ2n) is 5.69. The van der Waals surface area contributed by atoms with Crippen molar-refractivity contribution >= 4 is 5.97 Å². The first-order valence-corrected chi connectivity index (χ1v) is 6.65. The normalized spacial score (nSPS) is 17.4. The van der Waals surface area contributed by atoms with Gasteiger partial charge in [0.25, 0.3) is 0 Å². The summed E-state index contributed by atoms with van der Waals surface area (Å²) in [4.78, 5) is 11.9. The molecular formula is C15H20FNO3. The zero-order chi connectivity index (χ0) is 15.0. The third-order valence-corrected chi connectivity index (χ3v) is 3.73. The van der Waals surface area contributed by atoms with Gasteiger partial charge in [-0.2, -0.15) is 0 Å². The number of hydrogen-bond donors (Lipinski definition) is 1. The van der Waals surface area contributed by atoms with Gasteiger partial charge in [-0.25, -0.2) is 4.39 Å². The Balaban J connectivity index is 2.31. The van der Waals surface area contributed by atoms with Gasteiger partial charge in [0.15, 0.2) is 0 Å². The predicted octanol–water partition coefficient (Wildman–Crippen LogP) is 1.85. The second-order valence-corrected chi connectivity index (χ2v) is 5.69. The van der Waals surface area contributed by atoms with Crippen LogP contribution in [0.15, 0.2) is 18.2 Å². The van der Waals surface area contributed by atoms with Crippen LogP contribution >= 0.6 is 0 Å². The van der Waals surface area contributed by atoms with Crippen molar-refractivity contribution < 1.29 is 18.7 Å². The predicted molar refractivity (Wildman–Crippen MR) is 72.7 cm³/mol. The largest absolute Gasteiger partial charge is 0.465 e. The molecule has 0 spiro atoms. The van der Waals surface area contributed by atoms with Gasteiger partial charge < -0.3 is 15.2 Å². The molecule has 2 N–H and O–H groups in total. The maximum absolute atomic E-state index is 14.3. The quantitative estimate of drug-likeness (QED) is 0.856. The van der Waals surface area contributed by atoms with Gasteiger partial charge >= 0.3 is 5.97 Å². The second kappa shape index (κ2) is 5.14. The summed E-state index contributed by atoms with van der Waals surface area (Å²) in [6, 6.07) is 4.72. The van der Waals surface area contributed by atoms with E-state index in [1.807, 2.05) is 0 Å². The van der Waals surface area contributed by atoms with E-state index in [4.69, 9.17) is 15.2 Å². The molecule has 1 aromatic carbocycles. The Morgan fingerprint density at radius 1 is 1.50 bits per heavy atom. The van der Waals surface area contributed by atoms with E-state index < -0.39 is 16.8 Å². The Bertz CT molecular complexity index is 524. The molecule has 1 saturated heterocycles. The van der Waals surface area contributed by atoms with E-state index in [0.717, 1.165) is 0 Å². The standard InChI is InChI=1S/C15H20FNO3/c1-4-20-13(18)14(2,3)10-5-6-11(12(16)7-10)15(17)8-19-9-15/h5-7H,4,8-9,17H2,1-3H3. The Labute approximate surface area is 118 Å². The molecule has 0 saturated carbocycles. The lowest BCUT2D eigenvalue weighted by atomic mass is 9.81. The molecule has 0 aromatic heterocycles. The van der Waals surface area contributed by atoms with E-state index in [2.05, 4.69) is 0 Å². The van der Waals surface area contributed by atoms with Gasteiger partial charge in [-0.05, 0) is 32.4 Å². The van der Waals surface area contributed by atoms with Gasteiger partial charge in [0.1, 0.15) is 5.82 Å². The maximum atomic E-state index is 14.3. The number of ether oxygens (including phenoxy) is 2. The molecule has 1 heterocycles. The third kappa shape index (κ3) is 2.43. The van der Waals surface area contributed by atoms with Crippen molar-refractivity contribution in [2.45, 2.75) is 31.7 Å². The van der Waals surface area contributed by atoms with Crippen molar-refractivity contribution in [2.24, 2.45) is 5.73 Å². The van der Waals surface area contributed by atoms with Gasteiger partial charge in [0.05, 0.1) is 30.8 Å². The van der Waals surface area contributed by atoms with Crippen LogP contribution in [-0.2, 0) is 25.2 Å². The first-order chi connectivity index (χ1) is 9.31. The molecule has 110 valence electrons. The Hall–Kier alpha value is -1.46. The summed E-state index contributed by atoms with van der Waals surface area (Å²) in [6.07, 6.45) is 0. The number of carbonyl (C=O) groups is 1. The molecule has 1 aliphatic rings. The molecular weight excluding hydrogens is 261 g/mol. The summed E-state index contributed by atoms with van der Waals surface area (Å²) in [7, 11) is 0. The van der Waals surface area contributed by atoms with Crippen LogP contribution in [0.5, 0.6) is 0 Å². The molecule has 0 atom stereocenters. The lowest BCUT2D eigenvalue weighted by Crippen LogP contribution is -2.54. The Kier molecular flexibility index (Phi) is 3.84. The van der Waals surface area contributed by atoms with Crippen LogP contribution in [-0.4, -0.2) is 25.8 Å². The van der Waals surface area contributed by atoms with E-state index in [0.29, 0.717) is 30.9 Å². The molecule has 20 heavy (non-hydrogen) atoms. The topological polar surface area (TPSA) is 61.5 Å². The van der Waals surface area contributed by atoms with E-state index in [9.17, 15) is 9.18 Å². The highest BCUT2D eigenvalue weighted by Gasteiger charge is 2.39. The molecule has 5 heteroatoms. The van der Waals surface area contributed by atoms with Crippen molar-refractivity contribution in [3.8, 4) is 0 Å². The molecule has 1 aliphatic heterocycles. The van der Waals surface area contributed by atoms with Crippen LogP contribution < -0.4 is 5.73 Å². The van der Waals surface area contributed by atoms with Gasteiger partial charge in [-0.3, -0.25) is 4.79 Å². The number of halogens is 1. The molecule has 0 radical (unpaired) electrons. The average molecular weight is 281 g/mol. The number of benzene rings is 1. The van der Waals surface area contributed by atoms with Crippen molar-refractivity contribution in [1.82, 2.24) is 0 Å². The molecule has 1 fully saturated rings. The maximum Gasteiger partial charge on any atom is 0.315 e. The Morgan fingerprint density at radius 3 is 2.60 bits per heavy atom. The molecule has 0 bridgehead atoms. The first kappa shape index (κ1) is 14.9. The van der Waals surface area contributed by atoms with Gasteiger partial charge in [0.2, 0.25) is 0 Å². The lowest BCUT2D eigenvalue weighted by molar-refractivity contribution is -0.148. The summed E-state index contributed by atoms with van der Waals surface area (Å²) in [5.74, 6) is -0.785. The first-order valence-electron chi connectivity index (χ1n) is 6.65. The van der Waals surface area contributed by atoms with E-state index in [1.165, 1.54) is 6.07 Å². The summed E-state index contributed by atoms with van der Waals surface area (Å²) >= 11 is 0. The SMILES string of the molecule is CCOC(=O)C(C)(C)c1ccc(C2(N)COC2)c(F)c1. The molecule has 0 unspecified atom stereocenters. The zero-order valence-corrected chi connectivity index (χ0v) is 12.0. The van der Waals surface area contributed by atoms with E-state index in [-0.39, 0.29) is 5.97 Å². The summed E-state index contributed by atoms with van der Waals surface area (Å²) < 4.78 is 24.3. The minimum atomic E-state index is -0.896. The van der Waals surface area contributed by atoms with Crippen LogP contribution in [0.1, 0.15) is 31.9 Å². The van der Waals surface area contributed by atoms with Gasteiger partial charge in [-0.1, -0.05) is 12.1 Å². The molecule has 4 nitrogen and oxygen atoms in total. The Morgan fingerprint density at radius 2 is 2.15 bits per heavy atom. The monoisotopic (exact) mass is 281 g/mol. The fourth-order valence-corrected chi connectivity index (χ4v) is 2.21. The fourth-order valence-electron chi connectivity index (χ4n) is 2.21. The minimum absolute atomic E-state index is 0.298. The third-order valence-electron chi connectivity index (χ3n) is 3.73. The summed E-state index contributed by atoms with van der Waals surface area (Å²) in [5, 5.41) is 0. The molecule has 1 aromatic rings.